The van der Waals surface area contributed by atoms with Crippen LogP contribution < -0.4 is 10.6 Å². The summed E-state index contributed by atoms with van der Waals surface area (Å²) in [7, 11) is 1.52. The van der Waals surface area contributed by atoms with Gasteiger partial charge in [-0.15, -0.1) is 0 Å². The smallest absolute Gasteiger partial charge is 0.339 e. The highest BCUT2D eigenvalue weighted by molar-refractivity contribution is 5.97. The number of nitrogens with one attached hydrogen (secondary N) is 2. The zero-order chi connectivity index (χ0) is 20.0. The molecular formula is C18H16N4O5. The average Bonchev–Trinajstić information content (AvgIpc) is 2.67. The number of benzene rings is 2. The molecule has 0 saturated heterocycles. The van der Waals surface area contributed by atoms with E-state index in [0.29, 0.717) is 11.3 Å². The molecule has 2 rings (SSSR count). The Morgan fingerprint density at radius 2 is 1.89 bits per heavy atom. The number of rotatable bonds is 6. The summed E-state index contributed by atoms with van der Waals surface area (Å²) in [5, 5.41) is 25.0. The minimum atomic E-state index is -1.13. The van der Waals surface area contributed by atoms with Crippen LogP contribution in [0.4, 0.5) is 17.1 Å². The Morgan fingerprint density at radius 1 is 1.22 bits per heavy atom. The number of carbonyl (C=O) groups is 2. The number of nitriles is 1. The van der Waals surface area contributed by atoms with Crippen LogP contribution in [0.15, 0.2) is 42.5 Å². The normalized spacial score (nSPS) is 11.0. The molecule has 0 radical (unpaired) electrons. The average molecular weight is 368 g/mol. The van der Waals surface area contributed by atoms with E-state index in [0.717, 1.165) is 6.07 Å². The fraction of sp³-hybridized carbons (Fsp3) is 0.167. The van der Waals surface area contributed by atoms with Crippen molar-refractivity contribution in [1.29, 1.82) is 5.26 Å². The second-order valence-corrected chi connectivity index (χ2v) is 5.46. The van der Waals surface area contributed by atoms with Crippen molar-refractivity contribution in [2.75, 3.05) is 17.7 Å². The summed E-state index contributed by atoms with van der Waals surface area (Å²) in [4.78, 5) is 34.8. The van der Waals surface area contributed by atoms with Crippen LogP contribution in [-0.2, 0) is 9.53 Å². The summed E-state index contributed by atoms with van der Waals surface area (Å²) in [5.74, 6) is -1.43. The Morgan fingerprint density at radius 3 is 2.44 bits per heavy atom. The standard InChI is InChI=1S/C18H16N4O5/c1-11(17(23)21-14-6-3-12(10-19)4-7-14)27-18(24)13-5-8-15(20-2)16(9-13)22(25)26/h3-9,11,20H,1-2H3,(H,21,23)/t11-/m0/s1. The number of nitro benzene ring substituents is 1. The second-order valence-electron chi connectivity index (χ2n) is 5.46. The third-order valence-corrected chi connectivity index (χ3v) is 3.63. The third-order valence-electron chi connectivity index (χ3n) is 3.63. The lowest BCUT2D eigenvalue weighted by Crippen LogP contribution is -2.30. The molecule has 1 atom stereocenters. The summed E-state index contributed by atoms with van der Waals surface area (Å²) < 4.78 is 5.08. The fourth-order valence-electron chi connectivity index (χ4n) is 2.18. The van der Waals surface area contributed by atoms with Gasteiger partial charge >= 0.3 is 5.97 Å². The van der Waals surface area contributed by atoms with E-state index in [9.17, 15) is 19.7 Å². The van der Waals surface area contributed by atoms with Crippen molar-refractivity contribution >= 4 is 28.9 Å². The van der Waals surface area contributed by atoms with Gasteiger partial charge in [0, 0.05) is 18.8 Å². The topological polar surface area (TPSA) is 134 Å². The number of hydrogen-bond acceptors (Lipinski definition) is 7. The first-order valence-electron chi connectivity index (χ1n) is 7.84. The molecule has 0 heterocycles. The molecule has 0 saturated carbocycles. The molecule has 138 valence electrons. The van der Waals surface area contributed by atoms with Crippen LogP contribution in [0.2, 0.25) is 0 Å². The van der Waals surface area contributed by atoms with Gasteiger partial charge in [-0.1, -0.05) is 0 Å². The van der Waals surface area contributed by atoms with E-state index >= 15 is 0 Å². The van der Waals surface area contributed by atoms with Gasteiger partial charge in [0.1, 0.15) is 5.69 Å². The number of anilines is 2. The van der Waals surface area contributed by atoms with Crippen LogP contribution in [0.5, 0.6) is 0 Å². The number of ether oxygens (including phenoxy) is 1. The summed E-state index contributed by atoms with van der Waals surface area (Å²) >= 11 is 0. The summed E-state index contributed by atoms with van der Waals surface area (Å²) in [6, 6.07) is 12.0. The number of nitro groups is 1. The van der Waals surface area contributed by atoms with Gasteiger partial charge in [-0.2, -0.15) is 5.26 Å². The van der Waals surface area contributed by atoms with Crippen molar-refractivity contribution in [2.45, 2.75) is 13.0 Å². The highest BCUT2D eigenvalue weighted by Gasteiger charge is 2.22. The molecule has 0 unspecified atom stereocenters. The largest absolute Gasteiger partial charge is 0.449 e. The number of carbonyl (C=O) groups excluding carboxylic acids is 2. The molecule has 0 aliphatic carbocycles. The first-order valence-corrected chi connectivity index (χ1v) is 7.84. The van der Waals surface area contributed by atoms with E-state index < -0.39 is 22.9 Å². The van der Waals surface area contributed by atoms with Crippen LogP contribution >= 0.6 is 0 Å². The van der Waals surface area contributed by atoms with Gasteiger partial charge in [0.15, 0.2) is 6.10 Å². The SMILES string of the molecule is CNc1ccc(C(=O)O[C@@H](C)C(=O)Nc2ccc(C#N)cc2)cc1[N+](=O)[O-]. The molecule has 9 heteroatoms. The van der Waals surface area contributed by atoms with E-state index in [1.165, 1.54) is 38.2 Å². The summed E-state index contributed by atoms with van der Waals surface area (Å²) in [6.07, 6.45) is -1.13. The Kier molecular flexibility index (Phi) is 6.06. The molecule has 2 aromatic rings. The molecule has 0 bridgehead atoms. The maximum absolute atomic E-state index is 12.2. The van der Waals surface area contributed by atoms with Crippen LogP contribution in [0, 0.1) is 21.4 Å². The van der Waals surface area contributed by atoms with Crippen LogP contribution in [0.1, 0.15) is 22.8 Å². The van der Waals surface area contributed by atoms with E-state index in [-0.39, 0.29) is 16.9 Å². The van der Waals surface area contributed by atoms with E-state index in [1.54, 1.807) is 12.1 Å². The number of nitrogens with zero attached hydrogens (tertiary/aromatic N) is 2. The maximum atomic E-state index is 12.2. The second kappa shape index (κ2) is 8.44. The lowest BCUT2D eigenvalue weighted by atomic mass is 10.1. The molecular weight excluding hydrogens is 352 g/mol. The van der Waals surface area contributed by atoms with Gasteiger partial charge in [0.2, 0.25) is 0 Å². The Balaban J connectivity index is 2.05. The van der Waals surface area contributed by atoms with Crippen molar-refractivity contribution in [3.8, 4) is 6.07 Å². The van der Waals surface area contributed by atoms with Gasteiger partial charge in [-0.05, 0) is 43.3 Å². The van der Waals surface area contributed by atoms with Gasteiger partial charge in [-0.3, -0.25) is 14.9 Å². The minimum absolute atomic E-state index is 0.0428. The maximum Gasteiger partial charge on any atom is 0.339 e. The first-order chi connectivity index (χ1) is 12.8. The van der Waals surface area contributed by atoms with Crippen molar-refractivity contribution in [2.24, 2.45) is 0 Å². The number of hydrogen-bond donors (Lipinski definition) is 2. The Bertz CT molecular complexity index is 918. The predicted molar refractivity (Wildman–Crippen MR) is 97.3 cm³/mol. The van der Waals surface area contributed by atoms with Crippen molar-refractivity contribution in [1.82, 2.24) is 0 Å². The summed E-state index contributed by atoms with van der Waals surface area (Å²) in [5.41, 5.74) is 0.818. The van der Waals surface area contributed by atoms with Gasteiger partial charge < -0.3 is 15.4 Å². The predicted octanol–water partition coefficient (Wildman–Crippen LogP) is 2.69. The molecule has 1 amide bonds. The van der Waals surface area contributed by atoms with Crippen molar-refractivity contribution in [3.05, 3.63) is 63.7 Å². The monoisotopic (exact) mass is 368 g/mol. The van der Waals surface area contributed by atoms with Crippen LogP contribution in [-0.4, -0.2) is 30.0 Å². The number of amides is 1. The molecule has 0 aromatic heterocycles. The molecule has 27 heavy (non-hydrogen) atoms. The zero-order valence-corrected chi connectivity index (χ0v) is 14.6. The van der Waals surface area contributed by atoms with E-state index in [2.05, 4.69) is 10.6 Å². The Hall–Kier alpha value is -3.93. The zero-order valence-electron chi connectivity index (χ0n) is 14.6. The van der Waals surface area contributed by atoms with Gasteiger partial charge in [-0.25, -0.2) is 4.79 Å². The highest BCUT2D eigenvalue weighted by Crippen LogP contribution is 2.25. The van der Waals surface area contributed by atoms with Crippen molar-refractivity contribution < 1.29 is 19.2 Å². The van der Waals surface area contributed by atoms with Gasteiger partial charge in [0.05, 0.1) is 22.1 Å². The van der Waals surface area contributed by atoms with Crippen LogP contribution in [0.3, 0.4) is 0 Å². The van der Waals surface area contributed by atoms with Gasteiger partial charge in [0.25, 0.3) is 11.6 Å². The third kappa shape index (κ3) is 4.79. The molecule has 0 spiro atoms. The molecule has 0 aliphatic heterocycles. The van der Waals surface area contributed by atoms with Crippen LogP contribution in [0.25, 0.3) is 0 Å². The molecule has 0 aliphatic rings. The van der Waals surface area contributed by atoms with E-state index in [4.69, 9.17) is 10.00 Å². The lowest BCUT2D eigenvalue weighted by molar-refractivity contribution is -0.384. The first kappa shape index (κ1) is 19.4. The quantitative estimate of drug-likeness (QED) is 0.455. The molecule has 0 fully saturated rings. The molecule has 2 N–H and O–H groups in total. The fourth-order valence-corrected chi connectivity index (χ4v) is 2.18. The lowest BCUT2D eigenvalue weighted by Gasteiger charge is -2.14. The Labute approximate surface area is 154 Å². The molecule has 2 aromatic carbocycles. The summed E-state index contributed by atoms with van der Waals surface area (Å²) in [6.45, 7) is 1.38. The molecule has 9 nitrogen and oxygen atoms in total. The highest BCUT2D eigenvalue weighted by atomic mass is 16.6. The van der Waals surface area contributed by atoms with E-state index in [1.807, 2.05) is 6.07 Å². The van der Waals surface area contributed by atoms with Crippen molar-refractivity contribution in [3.63, 3.8) is 0 Å². The number of esters is 1. The minimum Gasteiger partial charge on any atom is -0.449 e.